The van der Waals surface area contributed by atoms with Gasteiger partial charge in [0.25, 0.3) is 10.0 Å². The van der Waals surface area contributed by atoms with Crippen molar-refractivity contribution in [3.8, 4) is 0 Å². The lowest BCUT2D eigenvalue weighted by Crippen LogP contribution is -2.52. The molecule has 0 fully saturated rings. The summed E-state index contributed by atoms with van der Waals surface area (Å²) in [5.41, 5.74) is -0.370. The lowest BCUT2D eigenvalue weighted by molar-refractivity contribution is -0.123. The number of rotatable bonds is 8. The maximum Gasteiger partial charge on any atom is 0.265 e. The zero-order chi connectivity index (χ0) is 22.6. The molecular formula is C20H23Cl2FN2O4S. The molecule has 0 radical (unpaired) electrons. The van der Waals surface area contributed by atoms with Crippen LogP contribution in [0.25, 0.3) is 0 Å². The van der Waals surface area contributed by atoms with Crippen LogP contribution >= 0.6 is 23.2 Å². The third kappa shape index (κ3) is 5.43. The number of benzene rings is 2. The highest BCUT2D eigenvalue weighted by Gasteiger charge is 2.36. The van der Waals surface area contributed by atoms with Crippen LogP contribution in [0.5, 0.6) is 0 Å². The number of nitrogens with one attached hydrogen (secondary N) is 1. The van der Waals surface area contributed by atoms with Crippen LogP contribution in [0.15, 0.2) is 47.4 Å². The van der Waals surface area contributed by atoms with Crippen molar-refractivity contribution in [2.24, 2.45) is 5.92 Å². The molecule has 0 aromatic heterocycles. The van der Waals surface area contributed by atoms with Crippen molar-refractivity contribution in [2.75, 3.05) is 10.9 Å². The molecule has 2 N–H and O–H groups in total. The monoisotopic (exact) mass is 476 g/mol. The Kier molecular flexibility index (Phi) is 8.10. The van der Waals surface area contributed by atoms with Crippen LogP contribution in [0, 0.1) is 11.7 Å². The molecule has 2 aromatic rings. The van der Waals surface area contributed by atoms with Gasteiger partial charge in [0, 0.05) is 10.0 Å². The van der Waals surface area contributed by atoms with Gasteiger partial charge in [-0.1, -0.05) is 37.0 Å². The van der Waals surface area contributed by atoms with Crippen molar-refractivity contribution in [3.05, 3.63) is 58.3 Å². The van der Waals surface area contributed by atoms with Crippen LogP contribution in [0.4, 0.5) is 10.1 Å². The predicted molar refractivity (Wildman–Crippen MR) is 116 cm³/mol. The quantitative estimate of drug-likeness (QED) is 0.605. The Bertz CT molecular complexity index is 1000. The largest absolute Gasteiger partial charge is 0.394 e. The number of carbonyl (C=O) groups is 1. The first-order chi connectivity index (χ1) is 14.0. The van der Waals surface area contributed by atoms with E-state index in [0.29, 0.717) is 9.33 Å². The van der Waals surface area contributed by atoms with Gasteiger partial charge in [-0.2, -0.15) is 0 Å². The third-order valence-corrected chi connectivity index (χ3v) is 6.96. The molecule has 0 spiro atoms. The van der Waals surface area contributed by atoms with E-state index in [4.69, 9.17) is 23.2 Å². The van der Waals surface area contributed by atoms with E-state index in [-0.39, 0.29) is 28.1 Å². The fraction of sp³-hybridized carbons (Fsp3) is 0.350. The smallest absolute Gasteiger partial charge is 0.265 e. The van der Waals surface area contributed by atoms with E-state index in [0.717, 1.165) is 12.1 Å². The Morgan fingerprint density at radius 2 is 1.67 bits per heavy atom. The summed E-state index contributed by atoms with van der Waals surface area (Å²) in [4.78, 5) is 12.7. The summed E-state index contributed by atoms with van der Waals surface area (Å²) in [6, 6.07) is 6.80. The molecule has 164 valence electrons. The van der Waals surface area contributed by atoms with E-state index in [2.05, 4.69) is 5.32 Å². The summed E-state index contributed by atoms with van der Waals surface area (Å²) < 4.78 is 42.1. The highest BCUT2D eigenvalue weighted by atomic mass is 35.5. The molecule has 1 amide bonds. The van der Waals surface area contributed by atoms with Crippen molar-refractivity contribution in [1.82, 2.24) is 5.32 Å². The first-order valence-electron chi connectivity index (χ1n) is 9.15. The standard InChI is InChI=1S/C20H23Cl2FN2O4S/c1-12(2)18(11-26)24-20(27)13(3)25(19-10-15(22)6-9-17(19)23)30(28,29)16-7-4-14(21)5-8-16/h4-10,12-13,18,26H,11H2,1-3H3,(H,24,27). The molecule has 0 saturated carbocycles. The van der Waals surface area contributed by atoms with Gasteiger partial charge in [-0.25, -0.2) is 12.8 Å². The van der Waals surface area contributed by atoms with E-state index in [9.17, 15) is 22.7 Å². The number of hydrogen-bond donors (Lipinski definition) is 2. The number of sulfonamides is 1. The number of hydrogen-bond acceptors (Lipinski definition) is 4. The molecule has 2 rings (SSSR count). The van der Waals surface area contributed by atoms with Crippen molar-refractivity contribution in [2.45, 2.75) is 37.8 Å². The van der Waals surface area contributed by atoms with Gasteiger partial charge >= 0.3 is 0 Å². The van der Waals surface area contributed by atoms with Crippen molar-refractivity contribution in [1.29, 1.82) is 0 Å². The van der Waals surface area contributed by atoms with E-state index in [1.54, 1.807) is 13.8 Å². The Morgan fingerprint density at radius 3 is 2.20 bits per heavy atom. The van der Waals surface area contributed by atoms with Gasteiger partial charge in [-0.05, 0) is 55.3 Å². The average Bonchev–Trinajstić information content (AvgIpc) is 2.68. The zero-order valence-electron chi connectivity index (χ0n) is 16.6. The second kappa shape index (κ2) is 9.96. The normalized spacial score (nSPS) is 13.7. The van der Waals surface area contributed by atoms with Crippen molar-refractivity contribution < 1.29 is 22.7 Å². The first-order valence-corrected chi connectivity index (χ1v) is 11.3. The Labute approximate surface area is 185 Å². The number of amides is 1. The van der Waals surface area contributed by atoms with Crippen molar-refractivity contribution in [3.63, 3.8) is 0 Å². The lowest BCUT2D eigenvalue weighted by atomic mass is 10.1. The van der Waals surface area contributed by atoms with E-state index >= 15 is 0 Å². The second-order valence-electron chi connectivity index (χ2n) is 7.07. The molecule has 2 unspecified atom stereocenters. The van der Waals surface area contributed by atoms with Crippen LogP contribution < -0.4 is 9.62 Å². The molecule has 6 nitrogen and oxygen atoms in total. The predicted octanol–water partition coefficient (Wildman–Crippen LogP) is 3.85. The number of nitrogens with zero attached hydrogens (tertiary/aromatic N) is 1. The minimum Gasteiger partial charge on any atom is -0.394 e. The van der Waals surface area contributed by atoms with Gasteiger partial charge in [0.15, 0.2) is 0 Å². The highest BCUT2D eigenvalue weighted by molar-refractivity contribution is 7.93. The number of aliphatic hydroxyl groups excluding tert-OH is 1. The fourth-order valence-electron chi connectivity index (χ4n) is 2.75. The molecule has 30 heavy (non-hydrogen) atoms. The van der Waals surface area contributed by atoms with Crippen molar-refractivity contribution >= 4 is 44.8 Å². The van der Waals surface area contributed by atoms with Gasteiger partial charge in [-0.3, -0.25) is 9.10 Å². The van der Waals surface area contributed by atoms with Crippen LogP contribution in [0.1, 0.15) is 20.8 Å². The molecule has 10 heteroatoms. The number of carbonyl (C=O) groups excluding carboxylic acids is 1. The number of aliphatic hydroxyl groups is 1. The molecule has 0 saturated heterocycles. The van der Waals surface area contributed by atoms with Gasteiger partial charge in [-0.15, -0.1) is 0 Å². The summed E-state index contributed by atoms with van der Waals surface area (Å²) in [6.07, 6.45) is 0. The summed E-state index contributed by atoms with van der Waals surface area (Å²) in [5, 5.41) is 12.5. The number of anilines is 1. The average molecular weight is 477 g/mol. The zero-order valence-corrected chi connectivity index (χ0v) is 19.0. The van der Waals surface area contributed by atoms with E-state index in [1.807, 2.05) is 0 Å². The Hall–Kier alpha value is -1.87. The highest BCUT2D eigenvalue weighted by Crippen LogP contribution is 2.31. The second-order valence-corrected chi connectivity index (χ2v) is 9.76. The SMILES string of the molecule is CC(C)C(CO)NC(=O)C(C)N(c1cc(Cl)ccc1F)S(=O)(=O)c1ccc(Cl)cc1. The van der Waals surface area contributed by atoms with E-state index < -0.39 is 33.8 Å². The van der Waals surface area contributed by atoms with Crippen LogP contribution in [0.2, 0.25) is 10.0 Å². The summed E-state index contributed by atoms with van der Waals surface area (Å²) >= 11 is 11.8. The minimum atomic E-state index is -4.36. The molecule has 0 bridgehead atoms. The van der Waals surface area contributed by atoms with Gasteiger partial charge < -0.3 is 10.4 Å². The minimum absolute atomic E-state index is 0.102. The molecular weight excluding hydrogens is 454 g/mol. The van der Waals surface area contributed by atoms with Gasteiger partial charge in [0.05, 0.1) is 23.2 Å². The summed E-state index contributed by atoms with van der Waals surface area (Å²) in [6.45, 7) is 4.60. The fourth-order valence-corrected chi connectivity index (χ4v) is 4.66. The summed E-state index contributed by atoms with van der Waals surface area (Å²) in [7, 11) is -4.36. The molecule has 2 aromatic carbocycles. The topological polar surface area (TPSA) is 86.7 Å². The first kappa shape index (κ1) is 24.4. The maximum absolute atomic E-state index is 14.7. The summed E-state index contributed by atoms with van der Waals surface area (Å²) in [5.74, 6) is -1.66. The molecule has 0 aliphatic rings. The maximum atomic E-state index is 14.7. The molecule has 0 heterocycles. The van der Waals surface area contributed by atoms with Crippen LogP contribution in [-0.4, -0.2) is 38.1 Å². The van der Waals surface area contributed by atoms with E-state index in [1.165, 1.54) is 37.3 Å². The molecule has 0 aliphatic heterocycles. The number of halogens is 3. The van der Waals surface area contributed by atoms with Gasteiger partial charge in [0.1, 0.15) is 11.9 Å². The Balaban J connectivity index is 2.58. The lowest BCUT2D eigenvalue weighted by Gasteiger charge is -2.31. The molecule has 2 atom stereocenters. The van der Waals surface area contributed by atoms with Crippen LogP contribution in [-0.2, 0) is 14.8 Å². The Morgan fingerprint density at radius 1 is 1.10 bits per heavy atom. The molecule has 0 aliphatic carbocycles. The van der Waals surface area contributed by atoms with Gasteiger partial charge in [0.2, 0.25) is 5.91 Å². The van der Waals surface area contributed by atoms with Crippen LogP contribution in [0.3, 0.4) is 0 Å². The third-order valence-electron chi connectivity index (χ3n) is 4.58.